The van der Waals surface area contributed by atoms with E-state index in [2.05, 4.69) is 15.9 Å². The number of benzene rings is 1. The van der Waals surface area contributed by atoms with Crippen molar-refractivity contribution in [2.45, 2.75) is 26.1 Å². The molecular weight excluding hydrogens is 338 g/mol. The fourth-order valence-corrected chi connectivity index (χ4v) is 2.53. The first-order chi connectivity index (χ1) is 9.95. The molecule has 2 atom stereocenters. The molecule has 0 N–H and O–H groups in total. The second-order valence-corrected chi connectivity index (χ2v) is 6.05. The summed E-state index contributed by atoms with van der Waals surface area (Å²) in [5, 5.41) is 0. The Bertz CT molecular complexity index is 507. The first-order valence-electron chi connectivity index (χ1n) is 6.81. The van der Waals surface area contributed by atoms with E-state index >= 15 is 0 Å². The van der Waals surface area contributed by atoms with Crippen LogP contribution in [0, 0.1) is 0 Å². The third-order valence-corrected chi connectivity index (χ3v) is 3.71. The summed E-state index contributed by atoms with van der Waals surface area (Å²) in [6.07, 6.45) is -0.000231. The van der Waals surface area contributed by atoms with Crippen LogP contribution in [0.25, 0.3) is 0 Å². The highest BCUT2D eigenvalue weighted by Gasteiger charge is 2.26. The molecule has 5 nitrogen and oxygen atoms in total. The Balaban J connectivity index is 1.86. The van der Waals surface area contributed by atoms with E-state index in [0.29, 0.717) is 18.7 Å². The molecule has 1 aliphatic heterocycles. The minimum absolute atomic E-state index is 0.000116. The lowest BCUT2D eigenvalue weighted by Crippen LogP contribution is -2.49. The minimum Gasteiger partial charge on any atom is -0.452 e. The van der Waals surface area contributed by atoms with E-state index in [1.54, 1.807) is 29.2 Å². The maximum Gasteiger partial charge on any atom is 0.338 e. The first kappa shape index (κ1) is 16.0. The number of morpholine rings is 1. The normalized spacial score (nSPS) is 22.0. The van der Waals surface area contributed by atoms with Gasteiger partial charge in [0.25, 0.3) is 5.91 Å². The number of carbonyl (C=O) groups excluding carboxylic acids is 2. The fraction of sp³-hybridized carbons (Fsp3) is 0.467. The van der Waals surface area contributed by atoms with Crippen molar-refractivity contribution in [3.63, 3.8) is 0 Å². The monoisotopic (exact) mass is 355 g/mol. The van der Waals surface area contributed by atoms with Crippen molar-refractivity contribution in [1.29, 1.82) is 0 Å². The van der Waals surface area contributed by atoms with Crippen molar-refractivity contribution in [1.82, 2.24) is 4.90 Å². The van der Waals surface area contributed by atoms with Crippen LogP contribution >= 0.6 is 15.9 Å². The number of esters is 1. The summed E-state index contributed by atoms with van der Waals surface area (Å²) in [5.41, 5.74) is 0.426. The van der Waals surface area contributed by atoms with Crippen LogP contribution in [-0.4, -0.2) is 48.7 Å². The SMILES string of the molecule is CC1CN(C(=O)COC(=O)c2ccc(Br)cc2)CC(C)O1. The smallest absolute Gasteiger partial charge is 0.338 e. The molecule has 1 fully saturated rings. The van der Waals surface area contributed by atoms with Gasteiger partial charge < -0.3 is 14.4 Å². The van der Waals surface area contributed by atoms with Crippen molar-refractivity contribution in [2.75, 3.05) is 19.7 Å². The highest BCUT2D eigenvalue weighted by Crippen LogP contribution is 2.13. The molecule has 0 aromatic heterocycles. The first-order valence-corrected chi connectivity index (χ1v) is 7.61. The number of hydrogen-bond acceptors (Lipinski definition) is 4. The molecule has 1 aromatic carbocycles. The Labute approximate surface area is 132 Å². The van der Waals surface area contributed by atoms with Crippen LogP contribution in [0.3, 0.4) is 0 Å². The van der Waals surface area contributed by atoms with E-state index in [1.165, 1.54) is 0 Å². The quantitative estimate of drug-likeness (QED) is 0.780. The maximum absolute atomic E-state index is 12.1. The zero-order chi connectivity index (χ0) is 15.4. The number of halogens is 1. The predicted octanol–water partition coefficient (Wildman–Crippen LogP) is 2.24. The van der Waals surface area contributed by atoms with Crippen LogP contribution in [0.2, 0.25) is 0 Å². The molecule has 2 rings (SSSR count). The van der Waals surface area contributed by atoms with Crippen LogP contribution < -0.4 is 0 Å². The van der Waals surface area contributed by atoms with Gasteiger partial charge >= 0.3 is 5.97 Å². The van der Waals surface area contributed by atoms with E-state index < -0.39 is 5.97 Å². The van der Waals surface area contributed by atoms with Gasteiger partial charge in [0.15, 0.2) is 6.61 Å². The second-order valence-electron chi connectivity index (χ2n) is 5.14. The van der Waals surface area contributed by atoms with Crippen molar-refractivity contribution in [3.8, 4) is 0 Å². The van der Waals surface area contributed by atoms with Gasteiger partial charge in [0.05, 0.1) is 17.8 Å². The van der Waals surface area contributed by atoms with Gasteiger partial charge in [-0.05, 0) is 38.1 Å². The van der Waals surface area contributed by atoms with Crippen molar-refractivity contribution < 1.29 is 19.1 Å². The van der Waals surface area contributed by atoms with Gasteiger partial charge in [-0.25, -0.2) is 4.79 Å². The van der Waals surface area contributed by atoms with Gasteiger partial charge in [0.2, 0.25) is 0 Å². The number of carbonyl (C=O) groups is 2. The summed E-state index contributed by atoms with van der Waals surface area (Å²) >= 11 is 3.30. The van der Waals surface area contributed by atoms with E-state index in [-0.39, 0.29) is 24.7 Å². The molecule has 6 heteroatoms. The van der Waals surface area contributed by atoms with E-state index in [1.807, 2.05) is 13.8 Å². The lowest BCUT2D eigenvalue weighted by atomic mass is 10.2. The average Bonchev–Trinajstić information content (AvgIpc) is 2.44. The molecule has 1 heterocycles. The molecular formula is C15H18BrNO4. The van der Waals surface area contributed by atoms with E-state index in [4.69, 9.17) is 9.47 Å². The fourth-order valence-electron chi connectivity index (χ4n) is 2.27. The number of rotatable bonds is 3. The topological polar surface area (TPSA) is 55.8 Å². The molecule has 1 saturated heterocycles. The van der Waals surface area contributed by atoms with Crippen LogP contribution in [-0.2, 0) is 14.3 Å². The molecule has 0 saturated carbocycles. The largest absolute Gasteiger partial charge is 0.452 e. The van der Waals surface area contributed by atoms with Crippen LogP contribution in [0.5, 0.6) is 0 Å². The minimum atomic E-state index is -0.495. The Hall–Kier alpha value is -1.40. The number of hydrogen-bond donors (Lipinski definition) is 0. The lowest BCUT2D eigenvalue weighted by Gasteiger charge is -2.35. The van der Waals surface area contributed by atoms with E-state index in [0.717, 1.165) is 4.47 Å². The Morgan fingerprint density at radius 2 is 1.81 bits per heavy atom. The Morgan fingerprint density at radius 3 is 2.38 bits per heavy atom. The van der Waals surface area contributed by atoms with Crippen LogP contribution in [0.4, 0.5) is 0 Å². The molecule has 114 valence electrons. The van der Waals surface area contributed by atoms with Crippen LogP contribution in [0.1, 0.15) is 24.2 Å². The average molecular weight is 356 g/mol. The number of nitrogens with zero attached hydrogens (tertiary/aromatic N) is 1. The third kappa shape index (κ3) is 4.54. The predicted molar refractivity (Wildman–Crippen MR) is 81.0 cm³/mol. The maximum atomic E-state index is 12.1. The molecule has 0 radical (unpaired) electrons. The van der Waals surface area contributed by atoms with Crippen molar-refractivity contribution in [3.05, 3.63) is 34.3 Å². The molecule has 0 spiro atoms. The molecule has 0 bridgehead atoms. The molecule has 1 aromatic rings. The zero-order valence-corrected chi connectivity index (χ0v) is 13.6. The van der Waals surface area contributed by atoms with Crippen LogP contribution in [0.15, 0.2) is 28.7 Å². The Kier molecular flexibility index (Phi) is 5.36. The Morgan fingerprint density at radius 1 is 1.24 bits per heavy atom. The highest BCUT2D eigenvalue weighted by atomic mass is 79.9. The molecule has 0 aliphatic carbocycles. The molecule has 1 amide bonds. The molecule has 2 unspecified atom stereocenters. The van der Waals surface area contributed by atoms with E-state index in [9.17, 15) is 9.59 Å². The summed E-state index contributed by atoms with van der Waals surface area (Å²) < 4.78 is 11.5. The molecule has 1 aliphatic rings. The lowest BCUT2D eigenvalue weighted by molar-refractivity contribution is -0.146. The van der Waals surface area contributed by atoms with Gasteiger partial charge in [0.1, 0.15) is 0 Å². The van der Waals surface area contributed by atoms with Gasteiger partial charge in [-0.1, -0.05) is 15.9 Å². The number of ether oxygens (including phenoxy) is 2. The molecule has 21 heavy (non-hydrogen) atoms. The van der Waals surface area contributed by atoms with Crippen molar-refractivity contribution >= 4 is 27.8 Å². The summed E-state index contributed by atoms with van der Waals surface area (Å²) in [5.74, 6) is -0.687. The van der Waals surface area contributed by atoms with Gasteiger partial charge in [0, 0.05) is 17.6 Å². The van der Waals surface area contributed by atoms with Gasteiger partial charge in [-0.3, -0.25) is 4.79 Å². The number of amides is 1. The summed E-state index contributed by atoms with van der Waals surface area (Å²) in [6.45, 7) is 4.65. The summed E-state index contributed by atoms with van der Waals surface area (Å²) in [7, 11) is 0. The zero-order valence-electron chi connectivity index (χ0n) is 12.0. The summed E-state index contributed by atoms with van der Waals surface area (Å²) in [6, 6.07) is 6.80. The van der Waals surface area contributed by atoms with Gasteiger partial charge in [-0.15, -0.1) is 0 Å². The standard InChI is InChI=1S/C15H18BrNO4/c1-10-7-17(8-11(2)21-10)14(18)9-20-15(19)12-3-5-13(16)6-4-12/h3-6,10-11H,7-9H2,1-2H3. The summed E-state index contributed by atoms with van der Waals surface area (Å²) in [4.78, 5) is 25.6. The third-order valence-electron chi connectivity index (χ3n) is 3.18. The highest BCUT2D eigenvalue weighted by molar-refractivity contribution is 9.10. The second kappa shape index (κ2) is 7.04. The van der Waals surface area contributed by atoms with Crippen molar-refractivity contribution in [2.24, 2.45) is 0 Å². The van der Waals surface area contributed by atoms with Gasteiger partial charge in [-0.2, -0.15) is 0 Å².